The summed E-state index contributed by atoms with van der Waals surface area (Å²) < 4.78 is 15.1. The van der Waals surface area contributed by atoms with Gasteiger partial charge in [0.25, 0.3) is 11.8 Å². The number of anilines is 1. The van der Waals surface area contributed by atoms with Gasteiger partial charge in [-0.1, -0.05) is 11.6 Å². The zero-order valence-electron chi connectivity index (χ0n) is 15.3. The van der Waals surface area contributed by atoms with E-state index < -0.39 is 24.4 Å². The number of ether oxygens (including phenoxy) is 3. The molecule has 2 aromatic carbocycles. The minimum Gasteiger partial charge on any atom is -0.493 e. The monoisotopic (exact) mass is 406 g/mol. The summed E-state index contributed by atoms with van der Waals surface area (Å²) >= 11 is 5.75. The van der Waals surface area contributed by atoms with E-state index in [0.717, 1.165) is 0 Å². The molecule has 0 saturated carbocycles. The fourth-order valence-electron chi connectivity index (χ4n) is 2.16. The molecule has 8 nitrogen and oxygen atoms in total. The number of benzene rings is 2. The molecule has 9 heteroatoms. The maximum atomic E-state index is 11.9. The van der Waals surface area contributed by atoms with Crippen LogP contribution >= 0.6 is 11.6 Å². The van der Waals surface area contributed by atoms with Crippen LogP contribution in [0.15, 0.2) is 42.5 Å². The lowest BCUT2D eigenvalue weighted by Crippen LogP contribution is -2.32. The molecule has 2 amide bonds. The van der Waals surface area contributed by atoms with Gasteiger partial charge in [0.15, 0.2) is 18.1 Å². The molecule has 0 unspecified atom stereocenters. The van der Waals surface area contributed by atoms with Crippen molar-refractivity contribution in [1.82, 2.24) is 5.32 Å². The second kappa shape index (κ2) is 10.2. The lowest BCUT2D eigenvalue weighted by molar-refractivity contribution is -0.146. The molecule has 0 radical (unpaired) electrons. The third-order valence-electron chi connectivity index (χ3n) is 3.53. The summed E-state index contributed by atoms with van der Waals surface area (Å²) in [4.78, 5) is 35.5. The van der Waals surface area contributed by atoms with Crippen LogP contribution in [-0.2, 0) is 14.3 Å². The number of hydrogen-bond acceptors (Lipinski definition) is 6. The van der Waals surface area contributed by atoms with Crippen molar-refractivity contribution >= 4 is 35.1 Å². The Morgan fingerprint density at radius 3 is 2.29 bits per heavy atom. The fourth-order valence-corrected chi connectivity index (χ4v) is 2.29. The Labute approximate surface area is 166 Å². The van der Waals surface area contributed by atoms with Crippen LogP contribution in [0.5, 0.6) is 11.5 Å². The van der Waals surface area contributed by atoms with Crippen molar-refractivity contribution in [3.05, 3.63) is 53.1 Å². The molecule has 0 bridgehead atoms. The molecular weight excluding hydrogens is 388 g/mol. The Balaban J connectivity index is 1.77. The number of halogens is 1. The predicted molar refractivity (Wildman–Crippen MR) is 103 cm³/mol. The lowest BCUT2D eigenvalue weighted by atomic mass is 10.2. The Morgan fingerprint density at radius 1 is 0.964 bits per heavy atom. The van der Waals surface area contributed by atoms with Crippen LogP contribution in [0.3, 0.4) is 0 Å². The zero-order chi connectivity index (χ0) is 20.5. The number of carbonyl (C=O) groups excluding carboxylic acids is 3. The van der Waals surface area contributed by atoms with E-state index in [2.05, 4.69) is 10.6 Å². The summed E-state index contributed by atoms with van der Waals surface area (Å²) in [5, 5.41) is 5.47. The van der Waals surface area contributed by atoms with E-state index in [-0.39, 0.29) is 6.54 Å². The Hall–Kier alpha value is -3.26. The van der Waals surface area contributed by atoms with E-state index in [9.17, 15) is 14.4 Å². The lowest BCUT2D eigenvalue weighted by Gasteiger charge is -2.11. The van der Waals surface area contributed by atoms with Crippen LogP contribution in [0.4, 0.5) is 5.69 Å². The van der Waals surface area contributed by atoms with Gasteiger partial charge in [0.05, 0.1) is 14.2 Å². The molecule has 2 aromatic rings. The quantitative estimate of drug-likeness (QED) is 0.652. The first-order valence-electron chi connectivity index (χ1n) is 8.14. The Kier molecular flexibility index (Phi) is 7.65. The topological polar surface area (TPSA) is 103 Å². The van der Waals surface area contributed by atoms with Gasteiger partial charge in [-0.15, -0.1) is 0 Å². The van der Waals surface area contributed by atoms with Gasteiger partial charge in [0.2, 0.25) is 0 Å². The summed E-state index contributed by atoms with van der Waals surface area (Å²) in [6.45, 7) is -0.866. The van der Waals surface area contributed by atoms with Crippen molar-refractivity contribution in [2.45, 2.75) is 0 Å². The van der Waals surface area contributed by atoms with Crippen molar-refractivity contribution in [3.8, 4) is 11.5 Å². The van der Waals surface area contributed by atoms with Gasteiger partial charge in [-0.05, 0) is 36.4 Å². The minimum atomic E-state index is -0.746. The number of methoxy groups -OCH3 is 2. The zero-order valence-corrected chi connectivity index (χ0v) is 16.0. The van der Waals surface area contributed by atoms with E-state index in [0.29, 0.717) is 27.8 Å². The molecule has 0 aliphatic rings. The summed E-state index contributed by atoms with van der Waals surface area (Å²) in [7, 11) is 2.98. The molecular formula is C19H19ClN2O6. The first-order chi connectivity index (χ1) is 13.4. The predicted octanol–water partition coefficient (Wildman–Crippen LogP) is 2.27. The van der Waals surface area contributed by atoms with Gasteiger partial charge < -0.3 is 24.8 Å². The van der Waals surface area contributed by atoms with Crippen molar-refractivity contribution in [3.63, 3.8) is 0 Å². The number of hydrogen-bond donors (Lipinski definition) is 2. The summed E-state index contributed by atoms with van der Waals surface area (Å²) in [6.07, 6.45) is 0. The average Bonchev–Trinajstić information content (AvgIpc) is 2.70. The Morgan fingerprint density at radius 2 is 1.64 bits per heavy atom. The maximum Gasteiger partial charge on any atom is 0.325 e. The number of esters is 1. The molecule has 0 saturated heterocycles. The molecule has 0 heterocycles. The molecule has 0 aliphatic carbocycles. The number of amides is 2. The fraction of sp³-hybridized carbons (Fsp3) is 0.211. The van der Waals surface area contributed by atoms with Gasteiger partial charge in [-0.25, -0.2) is 0 Å². The van der Waals surface area contributed by atoms with E-state index in [4.69, 9.17) is 25.8 Å². The van der Waals surface area contributed by atoms with Gasteiger partial charge in [-0.3, -0.25) is 14.4 Å². The molecule has 148 valence electrons. The highest BCUT2D eigenvalue weighted by atomic mass is 35.5. The van der Waals surface area contributed by atoms with E-state index >= 15 is 0 Å². The molecule has 0 fully saturated rings. The van der Waals surface area contributed by atoms with Gasteiger partial charge >= 0.3 is 5.97 Å². The van der Waals surface area contributed by atoms with Gasteiger partial charge in [0, 0.05) is 22.3 Å². The van der Waals surface area contributed by atoms with Crippen LogP contribution in [-0.4, -0.2) is 45.2 Å². The second-order valence-corrected chi connectivity index (χ2v) is 5.90. The van der Waals surface area contributed by atoms with Gasteiger partial charge in [-0.2, -0.15) is 0 Å². The van der Waals surface area contributed by atoms with E-state index in [1.165, 1.54) is 26.4 Å². The maximum absolute atomic E-state index is 11.9. The highest BCUT2D eigenvalue weighted by Crippen LogP contribution is 2.29. The van der Waals surface area contributed by atoms with Crippen molar-refractivity contribution in [1.29, 1.82) is 0 Å². The molecule has 0 spiro atoms. The van der Waals surface area contributed by atoms with Crippen LogP contribution in [0.2, 0.25) is 5.02 Å². The normalized spacial score (nSPS) is 9.96. The summed E-state index contributed by atoms with van der Waals surface area (Å²) in [6, 6.07) is 11.0. The van der Waals surface area contributed by atoms with Crippen LogP contribution in [0.25, 0.3) is 0 Å². The molecule has 0 atom stereocenters. The highest BCUT2D eigenvalue weighted by molar-refractivity contribution is 6.30. The molecule has 2 N–H and O–H groups in total. The van der Waals surface area contributed by atoms with Crippen molar-refractivity contribution < 1.29 is 28.6 Å². The first-order valence-corrected chi connectivity index (χ1v) is 8.52. The first kappa shape index (κ1) is 21.0. The molecule has 0 aromatic heterocycles. The van der Waals surface area contributed by atoms with E-state index in [1.807, 2.05) is 0 Å². The van der Waals surface area contributed by atoms with Crippen molar-refractivity contribution in [2.24, 2.45) is 0 Å². The van der Waals surface area contributed by atoms with Crippen LogP contribution in [0.1, 0.15) is 10.4 Å². The second-order valence-electron chi connectivity index (χ2n) is 5.47. The number of carbonyl (C=O) groups is 3. The Bertz CT molecular complexity index is 854. The average molecular weight is 407 g/mol. The summed E-state index contributed by atoms with van der Waals surface area (Å²) in [5.74, 6) is -0.775. The summed E-state index contributed by atoms with van der Waals surface area (Å²) in [5.41, 5.74) is 0.804. The third-order valence-corrected chi connectivity index (χ3v) is 3.78. The standard InChI is InChI=1S/C19H19ClN2O6/c1-26-15-8-7-14(9-16(15)27-2)22-17(23)11-28-18(24)10-21-19(25)12-3-5-13(20)6-4-12/h3-9H,10-11H2,1-2H3,(H,21,25)(H,22,23). The molecule has 28 heavy (non-hydrogen) atoms. The van der Waals surface area contributed by atoms with Crippen molar-refractivity contribution in [2.75, 3.05) is 32.7 Å². The van der Waals surface area contributed by atoms with Gasteiger partial charge in [0.1, 0.15) is 6.54 Å². The number of nitrogens with one attached hydrogen (secondary N) is 2. The van der Waals surface area contributed by atoms with Crippen LogP contribution in [0, 0.1) is 0 Å². The number of rotatable bonds is 8. The largest absolute Gasteiger partial charge is 0.493 e. The highest BCUT2D eigenvalue weighted by Gasteiger charge is 2.12. The SMILES string of the molecule is COc1ccc(NC(=O)COC(=O)CNC(=O)c2ccc(Cl)cc2)cc1OC. The minimum absolute atomic E-state index is 0.350. The smallest absolute Gasteiger partial charge is 0.325 e. The van der Waals surface area contributed by atoms with Crippen LogP contribution < -0.4 is 20.1 Å². The molecule has 2 rings (SSSR count). The third kappa shape index (κ3) is 6.17. The molecule has 0 aliphatic heterocycles. The van der Waals surface area contributed by atoms with E-state index in [1.54, 1.807) is 30.3 Å².